The Labute approximate surface area is 88.4 Å². The minimum atomic E-state index is -4.34. The molecule has 2 nitrogen and oxygen atoms in total. The van der Waals surface area contributed by atoms with Crippen molar-refractivity contribution in [2.75, 3.05) is 0 Å². The van der Waals surface area contributed by atoms with Crippen LogP contribution in [0.15, 0.2) is 29.2 Å². The first-order valence-electron chi connectivity index (χ1n) is 3.92. The van der Waals surface area contributed by atoms with Crippen LogP contribution in [0.25, 0.3) is 0 Å². The summed E-state index contributed by atoms with van der Waals surface area (Å²) in [4.78, 5) is 9.97. The highest BCUT2D eigenvalue weighted by Gasteiger charge is 2.30. The van der Waals surface area contributed by atoms with Gasteiger partial charge in [-0.2, -0.15) is 13.2 Å². The molecule has 0 N–H and O–H groups in total. The van der Waals surface area contributed by atoms with Gasteiger partial charge in [0.05, 0.1) is 0 Å². The Balaban J connectivity index is 2.81. The number of carbonyl (C=O) groups is 1. The first kappa shape index (κ1) is 11.9. The van der Waals surface area contributed by atoms with Crippen LogP contribution < -0.4 is 0 Å². The van der Waals surface area contributed by atoms with Crippen LogP contribution in [0.4, 0.5) is 13.2 Å². The number of benzene rings is 1. The Morgan fingerprint density at radius 2 is 2.00 bits per heavy atom. The molecule has 0 unspecified atom stereocenters. The molecule has 0 spiro atoms. The zero-order valence-electron chi connectivity index (χ0n) is 7.45. The van der Waals surface area contributed by atoms with Crippen LogP contribution in [-0.2, 0) is 16.1 Å². The second-order valence-corrected chi connectivity index (χ2v) is 3.67. The van der Waals surface area contributed by atoms with Crippen molar-refractivity contribution in [2.45, 2.75) is 17.0 Å². The molecule has 0 aliphatic heterocycles. The molecular weight excluding hydrogens is 229 g/mol. The maximum Gasteiger partial charge on any atom is 0.446 e. The van der Waals surface area contributed by atoms with Gasteiger partial charge in [-0.3, -0.25) is 4.79 Å². The standard InChI is InChI=1S/C9H7F3O2S/c10-9(11,12)15-8-4-2-1-3-7(8)5-14-6-13/h1-4,6H,5H2. The Hall–Kier alpha value is -1.17. The molecule has 0 fully saturated rings. The molecule has 1 rings (SSSR count). The molecule has 0 saturated carbocycles. The molecule has 1 aromatic rings. The number of carbonyl (C=O) groups excluding carboxylic acids is 1. The fourth-order valence-electron chi connectivity index (χ4n) is 0.971. The smallest absolute Gasteiger partial charge is 0.446 e. The summed E-state index contributed by atoms with van der Waals surface area (Å²) in [6.45, 7) is 0.0534. The fourth-order valence-corrected chi connectivity index (χ4v) is 1.63. The monoisotopic (exact) mass is 236 g/mol. The summed E-state index contributed by atoms with van der Waals surface area (Å²) in [5.41, 5.74) is -4.00. The molecule has 1 aromatic carbocycles. The number of thioether (sulfide) groups is 1. The average Bonchev–Trinajstić information content (AvgIpc) is 2.14. The Bertz CT molecular complexity index is 338. The summed E-state index contributed by atoms with van der Waals surface area (Å²) >= 11 is -0.218. The van der Waals surface area contributed by atoms with Crippen molar-refractivity contribution in [3.05, 3.63) is 29.8 Å². The summed E-state index contributed by atoms with van der Waals surface area (Å²) in [7, 11) is 0. The predicted molar refractivity (Wildman–Crippen MR) is 49.2 cm³/mol. The Kier molecular flexibility index (Phi) is 4.02. The average molecular weight is 236 g/mol. The molecule has 0 radical (unpaired) electrons. The molecule has 82 valence electrons. The topological polar surface area (TPSA) is 26.3 Å². The van der Waals surface area contributed by atoms with E-state index in [0.29, 0.717) is 5.56 Å². The summed E-state index contributed by atoms with van der Waals surface area (Å²) in [6.07, 6.45) is 0. The lowest BCUT2D eigenvalue weighted by Crippen LogP contribution is -2.01. The number of hydrogen-bond donors (Lipinski definition) is 0. The van der Waals surface area contributed by atoms with Gasteiger partial charge in [-0.1, -0.05) is 18.2 Å². The third-order valence-electron chi connectivity index (χ3n) is 1.51. The van der Waals surface area contributed by atoms with Crippen LogP contribution in [0.3, 0.4) is 0 Å². The van der Waals surface area contributed by atoms with Gasteiger partial charge in [-0.15, -0.1) is 0 Å². The molecule has 0 aliphatic carbocycles. The normalized spacial score (nSPS) is 11.1. The van der Waals surface area contributed by atoms with Crippen LogP contribution in [0.1, 0.15) is 5.56 Å². The molecule has 0 aromatic heterocycles. The van der Waals surface area contributed by atoms with E-state index in [1.165, 1.54) is 18.2 Å². The van der Waals surface area contributed by atoms with Crippen LogP contribution in [-0.4, -0.2) is 12.0 Å². The number of hydrogen-bond acceptors (Lipinski definition) is 3. The second kappa shape index (κ2) is 5.06. The van der Waals surface area contributed by atoms with Crippen molar-refractivity contribution >= 4 is 18.2 Å². The van der Waals surface area contributed by atoms with Gasteiger partial charge in [0.1, 0.15) is 6.61 Å². The number of ether oxygens (including phenoxy) is 1. The highest BCUT2D eigenvalue weighted by Crippen LogP contribution is 2.38. The molecular formula is C9H7F3O2S. The zero-order valence-corrected chi connectivity index (χ0v) is 8.27. The van der Waals surface area contributed by atoms with E-state index < -0.39 is 5.51 Å². The molecule has 0 amide bonds. The lowest BCUT2D eigenvalue weighted by molar-refractivity contribution is -0.129. The van der Waals surface area contributed by atoms with Gasteiger partial charge in [-0.25, -0.2) is 0 Å². The van der Waals surface area contributed by atoms with E-state index in [0.717, 1.165) is 0 Å². The summed E-state index contributed by atoms with van der Waals surface area (Å²) in [5, 5.41) is 0. The van der Waals surface area contributed by atoms with Crippen LogP contribution in [0.5, 0.6) is 0 Å². The highest BCUT2D eigenvalue weighted by atomic mass is 32.2. The van der Waals surface area contributed by atoms with Crippen LogP contribution in [0.2, 0.25) is 0 Å². The van der Waals surface area contributed by atoms with E-state index in [-0.39, 0.29) is 29.7 Å². The van der Waals surface area contributed by atoms with E-state index in [2.05, 4.69) is 4.74 Å². The van der Waals surface area contributed by atoms with E-state index >= 15 is 0 Å². The van der Waals surface area contributed by atoms with Crippen molar-refractivity contribution < 1.29 is 22.7 Å². The number of alkyl halides is 3. The van der Waals surface area contributed by atoms with Crippen molar-refractivity contribution in [1.29, 1.82) is 0 Å². The van der Waals surface area contributed by atoms with Gasteiger partial charge in [0.2, 0.25) is 0 Å². The van der Waals surface area contributed by atoms with Crippen molar-refractivity contribution in [3.8, 4) is 0 Å². The lowest BCUT2D eigenvalue weighted by atomic mass is 10.2. The first-order valence-corrected chi connectivity index (χ1v) is 4.73. The van der Waals surface area contributed by atoms with E-state index in [9.17, 15) is 18.0 Å². The van der Waals surface area contributed by atoms with Crippen molar-refractivity contribution in [3.63, 3.8) is 0 Å². The summed E-state index contributed by atoms with van der Waals surface area (Å²) in [5.74, 6) is 0. The van der Waals surface area contributed by atoms with Crippen molar-refractivity contribution in [2.24, 2.45) is 0 Å². The van der Waals surface area contributed by atoms with Gasteiger partial charge in [-0.05, 0) is 17.8 Å². The minimum Gasteiger partial charge on any atom is -0.463 e. The SMILES string of the molecule is O=COCc1ccccc1SC(F)(F)F. The molecule has 0 saturated heterocycles. The zero-order chi connectivity index (χ0) is 11.3. The van der Waals surface area contributed by atoms with E-state index in [4.69, 9.17) is 0 Å². The summed E-state index contributed by atoms with van der Waals surface area (Å²) in [6, 6.07) is 5.90. The molecule has 0 heterocycles. The first-order chi connectivity index (χ1) is 7.03. The molecule has 0 atom stereocenters. The summed E-state index contributed by atoms with van der Waals surface area (Å²) < 4.78 is 40.7. The maximum absolute atomic E-state index is 12.1. The van der Waals surface area contributed by atoms with E-state index in [1.807, 2.05) is 0 Å². The van der Waals surface area contributed by atoms with E-state index in [1.54, 1.807) is 6.07 Å². The maximum atomic E-state index is 12.1. The largest absolute Gasteiger partial charge is 0.463 e. The van der Waals surface area contributed by atoms with Crippen LogP contribution >= 0.6 is 11.8 Å². The highest BCUT2D eigenvalue weighted by molar-refractivity contribution is 8.00. The van der Waals surface area contributed by atoms with Crippen LogP contribution in [0, 0.1) is 0 Å². The Morgan fingerprint density at radius 3 is 2.60 bits per heavy atom. The number of halogens is 3. The fraction of sp³-hybridized carbons (Fsp3) is 0.222. The minimum absolute atomic E-state index is 0.0480. The van der Waals surface area contributed by atoms with Gasteiger partial charge >= 0.3 is 5.51 Å². The quantitative estimate of drug-likeness (QED) is 0.593. The van der Waals surface area contributed by atoms with Crippen molar-refractivity contribution in [1.82, 2.24) is 0 Å². The molecule has 0 aliphatic rings. The second-order valence-electron chi connectivity index (χ2n) is 2.56. The molecule has 0 bridgehead atoms. The third kappa shape index (κ3) is 4.24. The molecule has 6 heteroatoms. The Morgan fingerprint density at radius 1 is 1.33 bits per heavy atom. The van der Waals surface area contributed by atoms with Gasteiger partial charge in [0.15, 0.2) is 0 Å². The van der Waals surface area contributed by atoms with Gasteiger partial charge in [0.25, 0.3) is 6.47 Å². The van der Waals surface area contributed by atoms with Gasteiger partial charge in [0, 0.05) is 10.5 Å². The van der Waals surface area contributed by atoms with Gasteiger partial charge < -0.3 is 4.74 Å². The predicted octanol–water partition coefficient (Wildman–Crippen LogP) is 2.97. The third-order valence-corrected chi connectivity index (χ3v) is 2.35. The number of rotatable bonds is 4. The lowest BCUT2D eigenvalue weighted by Gasteiger charge is -2.09. The molecule has 15 heavy (non-hydrogen) atoms.